The Kier molecular flexibility index (Phi) is 27.0. The number of rotatable bonds is 25. The van der Waals surface area contributed by atoms with Crippen molar-refractivity contribution >= 4 is 15.9 Å². The van der Waals surface area contributed by atoms with Crippen LogP contribution in [0.15, 0.2) is 0 Å². The van der Waals surface area contributed by atoms with Crippen molar-refractivity contribution in [3.8, 4) is 0 Å². The third-order valence-electron chi connectivity index (χ3n) is 6.49. The molecule has 0 rings (SSSR count). The molecule has 0 heterocycles. The molecule has 0 aromatic rings. The minimum atomic E-state index is 0.782. The van der Waals surface area contributed by atoms with Gasteiger partial charge in [0.25, 0.3) is 0 Å². The molecule has 0 saturated carbocycles. The Bertz CT molecular complexity index is 275. The lowest BCUT2D eigenvalue weighted by molar-refractivity contribution is 0.521. The number of hydrogen-bond acceptors (Lipinski definition) is 0. The number of unbranched alkanes of at least 4 members (excludes halogenated alkanes) is 21. The predicted octanol–water partition coefficient (Wildman–Crippen LogP) is 11.5. The fourth-order valence-corrected chi connectivity index (χ4v) is 5.03. The van der Waals surface area contributed by atoms with E-state index in [1.165, 1.54) is 161 Å². The highest BCUT2D eigenvalue weighted by Gasteiger charge is 2.03. The summed E-state index contributed by atoms with van der Waals surface area (Å²) < 4.78 is 0. The molecule has 0 amide bonds. The van der Waals surface area contributed by atoms with E-state index in [-0.39, 0.29) is 0 Å². The second-order valence-electron chi connectivity index (χ2n) is 9.60. The maximum absolute atomic E-state index is 3.92. The summed E-state index contributed by atoms with van der Waals surface area (Å²) >= 11 is 3.92. The van der Waals surface area contributed by atoms with Crippen molar-refractivity contribution in [2.24, 2.45) is 0 Å². The van der Waals surface area contributed by atoms with Gasteiger partial charge in [0.05, 0.1) is 0 Å². The summed E-state index contributed by atoms with van der Waals surface area (Å²) in [6, 6.07) is 0. The lowest BCUT2D eigenvalue weighted by Gasteiger charge is -2.09. The molecule has 1 unspecified atom stereocenters. The Labute approximate surface area is 194 Å². The van der Waals surface area contributed by atoms with Crippen LogP contribution in [0.2, 0.25) is 0 Å². The van der Waals surface area contributed by atoms with Gasteiger partial charge in [-0.05, 0) is 12.8 Å². The van der Waals surface area contributed by atoms with E-state index in [9.17, 15) is 0 Å². The van der Waals surface area contributed by atoms with Gasteiger partial charge in [0, 0.05) is 4.83 Å². The van der Waals surface area contributed by atoms with Gasteiger partial charge < -0.3 is 0 Å². The highest BCUT2D eigenvalue weighted by atomic mass is 79.9. The Balaban J connectivity index is 3.11. The molecule has 176 valence electrons. The molecule has 0 nitrogen and oxygen atoms in total. The van der Waals surface area contributed by atoms with Crippen LogP contribution in [0.5, 0.6) is 0 Å². The van der Waals surface area contributed by atoms with Crippen LogP contribution in [0.25, 0.3) is 0 Å². The summed E-state index contributed by atoms with van der Waals surface area (Å²) in [6.07, 6.45) is 36.3. The van der Waals surface area contributed by atoms with Crippen LogP contribution in [0, 0.1) is 0 Å². The molecule has 0 bridgehead atoms. The van der Waals surface area contributed by atoms with Crippen molar-refractivity contribution in [1.82, 2.24) is 0 Å². The lowest BCUT2D eigenvalue weighted by Crippen LogP contribution is -1.97. The van der Waals surface area contributed by atoms with Crippen molar-refractivity contribution in [3.63, 3.8) is 0 Å². The van der Waals surface area contributed by atoms with Crippen LogP contribution >= 0.6 is 15.9 Å². The second kappa shape index (κ2) is 26.5. The van der Waals surface area contributed by atoms with E-state index in [2.05, 4.69) is 29.8 Å². The van der Waals surface area contributed by atoms with E-state index in [1.54, 1.807) is 0 Å². The Morgan fingerprint density at radius 1 is 0.345 bits per heavy atom. The molecular formula is C28H57Br. The third-order valence-corrected chi connectivity index (χ3v) is 7.41. The van der Waals surface area contributed by atoms with Gasteiger partial charge >= 0.3 is 0 Å². The second-order valence-corrected chi connectivity index (χ2v) is 10.9. The molecule has 1 atom stereocenters. The van der Waals surface area contributed by atoms with Crippen LogP contribution in [-0.2, 0) is 0 Å². The molecule has 0 fully saturated rings. The molecule has 0 radical (unpaired) electrons. The Hall–Kier alpha value is 0.480. The van der Waals surface area contributed by atoms with Crippen LogP contribution < -0.4 is 0 Å². The van der Waals surface area contributed by atoms with Gasteiger partial charge in [-0.2, -0.15) is 0 Å². The zero-order valence-electron chi connectivity index (χ0n) is 20.6. The van der Waals surface area contributed by atoms with Gasteiger partial charge in [0.1, 0.15) is 0 Å². The summed E-state index contributed by atoms with van der Waals surface area (Å²) in [4.78, 5) is 0.782. The zero-order valence-corrected chi connectivity index (χ0v) is 22.2. The van der Waals surface area contributed by atoms with E-state index >= 15 is 0 Å². The zero-order chi connectivity index (χ0) is 21.3. The monoisotopic (exact) mass is 472 g/mol. The Morgan fingerprint density at radius 2 is 0.552 bits per heavy atom. The first-order valence-electron chi connectivity index (χ1n) is 13.9. The predicted molar refractivity (Wildman–Crippen MR) is 139 cm³/mol. The summed E-state index contributed by atoms with van der Waals surface area (Å²) in [7, 11) is 0. The summed E-state index contributed by atoms with van der Waals surface area (Å²) in [6.45, 7) is 4.60. The molecule has 0 aromatic heterocycles. The molecule has 0 spiro atoms. The quantitative estimate of drug-likeness (QED) is 0.0913. The average Bonchev–Trinajstić information content (AvgIpc) is 2.72. The van der Waals surface area contributed by atoms with Gasteiger partial charge in [-0.3, -0.25) is 0 Å². The van der Waals surface area contributed by atoms with E-state index in [4.69, 9.17) is 0 Å². The first-order valence-corrected chi connectivity index (χ1v) is 14.9. The average molecular weight is 474 g/mol. The molecule has 0 aliphatic carbocycles. The molecule has 0 saturated heterocycles. The van der Waals surface area contributed by atoms with Crippen molar-refractivity contribution < 1.29 is 0 Å². The number of hydrogen-bond donors (Lipinski definition) is 0. The third kappa shape index (κ3) is 26.4. The molecule has 0 N–H and O–H groups in total. The Morgan fingerprint density at radius 3 is 0.793 bits per heavy atom. The molecular weight excluding hydrogens is 416 g/mol. The molecule has 0 aliphatic rings. The number of alkyl halides is 1. The van der Waals surface area contributed by atoms with Gasteiger partial charge in [0.2, 0.25) is 0 Å². The smallest absolute Gasteiger partial charge is 0.0145 e. The topological polar surface area (TPSA) is 0 Å². The fraction of sp³-hybridized carbons (Fsp3) is 1.00. The van der Waals surface area contributed by atoms with Crippen molar-refractivity contribution in [2.75, 3.05) is 0 Å². The number of halogens is 1. The SMILES string of the molecule is CCCCCCCCCCCCCCCCCC(Br)CCCCCCCCCC. The molecule has 0 aromatic carbocycles. The highest BCUT2D eigenvalue weighted by molar-refractivity contribution is 9.09. The summed E-state index contributed by atoms with van der Waals surface area (Å²) in [5, 5.41) is 0. The van der Waals surface area contributed by atoms with Crippen LogP contribution in [0.1, 0.15) is 174 Å². The lowest BCUT2D eigenvalue weighted by atomic mass is 10.0. The van der Waals surface area contributed by atoms with E-state index in [0.29, 0.717) is 0 Å². The highest BCUT2D eigenvalue weighted by Crippen LogP contribution is 2.20. The van der Waals surface area contributed by atoms with E-state index in [0.717, 1.165) is 4.83 Å². The van der Waals surface area contributed by atoms with Crippen molar-refractivity contribution in [1.29, 1.82) is 0 Å². The molecule has 1 heteroatoms. The van der Waals surface area contributed by atoms with Crippen LogP contribution in [-0.4, -0.2) is 4.83 Å². The molecule has 0 aliphatic heterocycles. The minimum absolute atomic E-state index is 0.782. The first kappa shape index (κ1) is 29.5. The van der Waals surface area contributed by atoms with Crippen molar-refractivity contribution in [2.45, 2.75) is 179 Å². The minimum Gasteiger partial charge on any atom is -0.0891 e. The van der Waals surface area contributed by atoms with Crippen molar-refractivity contribution in [3.05, 3.63) is 0 Å². The largest absolute Gasteiger partial charge is 0.0891 e. The standard InChI is InChI=1S/C28H57Br/c1-3-5-7-9-11-13-14-15-16-17-18-19-21-23-25-27-28(29)26-24-22-20-12-10-8-6-4-2/h28H,3-27H2,1-2H3. The summed E-state index contributed by atoms with van der Waals surface area (Å²) in [5.74, 6) is 0. The maximum Gasteiger partial charge on any atom is 0.0145 e. The van der Waals surface area contributed by atoms with Gasteiger partial charge in [-0.15, -0.1) is 0 Å². The van der Waals surface area contributed by atoms with Crippen LogP contribution in [0.4, 0.5) is 0 Å². The van der Waals surface area contributed by atoms with E-state index in [1.807, 2.05) is 0 Å². The molecule has 29 heavy (non-hydrogen) atoms. The van der Waals surface area contributed by atoms with E-state index < -0.39 is 0 Å². The van der Waals surface area contributed by atoms with Crippen LogP contribution in [0.3, 0.4) is 0 Å². The van der Waals surface area contributed by atoms with Gasteiger partial charge in [-0.25, -0.2) is 0 Å². The fourth-order valence-electron chi connectivity index (χ4n) is 4.38. The normalized spacial score (nSPS) is 12.5. The van der Waals surface area contributed by atoms with Gasteiger partial charge in [-0.1, -0.05) is 177 Å². The summed E-state index contributed by atoms with van der Waals surface area (Å²) in [5.41, 5.74) is 0. The first-order chi connectivity index (χ1) is 14.3. The maximum atomic E-state index is 3.92. The van der Waals surface area contributed by atoms with Gasteiger partial charge in [0.15, 0.2) is 0 Å².